The standard InChI is InChI=1S/C54H31N5/c1-4-18-32(19-5-1)43-46-35-24-10-12-26-37(35)48-44(33-20-6-2-7-21-33)50-39-28-14-16-30-41(39)52-55-53-42-31-17-15-29-40(42)51-45(34-22-8-3-9-23-34)49-38-27-13-11-25-36(38)47(43)57(49)54(56(46)48,58(50)52)59(51)53/h1-31H/q+2. The highest BCUT2D eigenvalue weighted by atomic mass is 15.6. The number of benzene rings is 7. The smallest absolute Gasteiger partial charge is 0.218 e. The number of nitrogens with zero attached hydrogens (tertiary/aromatic N) is 5. The van der Waals surface area contributed by atoms with Crippen LogP contribution in [0.3, 0.4) is 0 Å². The fraction of sp³-hybridized carbons (Fsp3) is 0.0185. The van der Waals surface area contributed by atoms with Crippen molar-refractivity contribution in [3.63, 3.8) is 0 Å². The Morgan fingerprint density at radius 3 is 1.41 bits per heavy atom. The minimum atomic E-state index is -0.975. The van der Waals surface area contributed by atoms with Crippen LogP contribution in [0.4, 0.5) is 5.82 Å². The van der Waals surface area contributed by atoms with Gasteiger partial charge in [0.1, 0.15) is 0 Å². The van der Waals surface area contributed by atoms with Gasteiger partial charge >= 0.3 is 11.7 Å². The summed E-state index contributed by atoms with van der Waals surface area (Å²) in [4.78, 5) is 5.87. The Morgan fingerprint density at radius 2 is 0.814 bits per heavy atom. The Kier molecular flexibility index (Phi) is 5.31. The lowest BCUT2D eigenvalue weighted by molar-refractivity contribution is -0.797. The minimum Gasteiger partial charge on any atom is -0.218 e. The van der Waals surface area contributed by atoms with Gasteiger partial charge in [-0.2, -0.15) is 4.57 Å². The van der Waals surface area contributed by atoms with Gasteiger partial charge in [-0.05, 0) is 52.0 Å². The normalized spacial score (nSPS) is 18.4. The second kappa shape index (κ2) is 10.3. The van der Waals surface area contributed by atoms with Gasteiger partial charge in [-0.1, -0.05) is 158 Å². The van der Waals surface area contributed by atoms with E-state index in [1.807, 2.05) is 0 Å². The summed E-state index contributed by atoms with van der Waals surface area (Å²) < 4.78 is 10.7. The fourth-order valence-electron chi connectivity index (χ4n) is 11.5. The molecule has 0 radical (unpaired) electrons. The molecule has 2 aromatic heterocycles. The van der Waals surface area contributed by atoms with Gasteiger partial charge in [-0.3, -0.25) is 0 Å². The summed E-state index contributed by atoms with van der Waals surface area (Å²) >= 11 is 0. The second-order valence-electron chi connectivity index (χ2n) is 16.2. The number of rotatable bonds is 3. The van der Waals surface area contributed by atoms with Crippen LogP contribution in [0.5, 0.6) is 0 Å². The van der Waals surface area contributed by atoms with E-state index in [1.165, 1.54) is 99.8 Å². The third-order valence-electron chi connectivity index (χ3n) is 13.5. The molecule has 7 aromatic carbocycles. The van der Waals surface area contributed by atoms with E-state index in [0.717, 1.165) is 22.6 Å². The molecular weight excluding hydrogens is 719 g/mol. The van der Waals surface area contributed by atoms with Crippen LogP contribution in [0.15, 0.2) is 193 Å². The molecule has 0 N–H and O–H groups in total. The summed E-state index contributed by atoms with van der Waals surface area (Å²) in [6, 6.07) is 69.3. The van der Waals surface area contributed by atoms with Crippen LogP contribution >= 0.6 is 0 Å². The Hall–Kier alpha value is -7.89. The largest absolute Gasteiger partial charge is 0.499 e. The molecule has 9 aromatic rings. The number of fused-ring (bicyclic) bond motifs is 12. The lowest BCUT2D eigenvalue weighted by Gasteiger charge is -2.41. The Labute approximate surface area is 338 Å². The summed E-state index contributed by atoms with van der Waals surface area (Å²) in [7, 11) is 0. The van der Waals surface area contributed by atoms with Crippen molar-refractivity contribution < 1.29 is 9.15 Å². The van der Waals surface area contributed by atoms with Crippen molar-refractivity contribution in [3.05, 3.63) is 243 Å². The monoisotopic (exact) mass is 749 g/mol. The van der Waals surface area contributed by atoms with Gasteiger partial charge in [0.25, 0.3) is 5.82 Å². The van der Waals surface area contributed by atoms with E-state index < -0.39 is 5.91 Å². The molecule has 59 heavy (non-hydrogen) atoms. The minimum absolute atomic E-state index is 0.974. The molecule has 0 amide bonds. The topological polar surface area (TPSA) is 28.2 Å². The van der Waals surface area contributed by atoms with Crippen molar-refractivity contribution in [3.8, 4) is 0 Å². The predicted molar refractivity (Wildman–Crippen MR) is 235 cm³/mol. The quantitative estimate of drug-likeness (QED) is 0.162. The molecule has 5 heteroatoms. The highest BCUT2D eigenvalue weighted by Gasteiger charge is 2.74. The molecule has 15 rings (SSSR count). The van der Waals surface area contributed by atoms with E-state index in [-0.39, 0.29) is 0 Å². The lowest BCUT2D eigenvalue weighted by atomic mass is 9.91. The first-order valence-electron chi connectivity index (χ1n) is 20.4. The molecule has 0 bridgehead atoms. The summed E-state index contributed by atoms with van der Waals surface area (Å²) in [6.07, 6.45) is 0. The highest BCUT2D eigenvalue weighted by Crippen LogP contribution is 2.57. The van der Waals surface area contributed by atoms with Crippen molar-refractivity contribution in [2.45, 2.75) is 5.91 Å². The molecular formula is C54H31N5+2. The summed E-state index contributed by atoms with van der Waals surface area (Å²) in [5.74, 6) is 0.973. The van der Waals surface area contributed by atoms with Gasteiger partial charge in [0.05, 0.1) is 55.2 Å². The van der Waals surface area contributed by atoms with Crippen LogP contribution in [-0.4, -0.2) is 35.5 Å². The van der Waals surface area contributed by atoms with E-state index in [4.69, 9.17) is 4.99 Å². The molecule has 0 saturated heterocycles. The average molecular weight is 750 g/mol. The summed E-state index contributed by atoms with van der Waals surface area (Å²) in [5.41, 5.74) is 16.8. The molecule has 0 fully saturated rings. The fourth-order valence-corrected chi connectivity index (χ4v) is 11.5. The van der Waals surface area contributed by atoms with Gasteiger partial charge in [0.15, 0.2) is 5.71 Å². The molecule has 0 saturated carbocycles. The molecule has 6 aliphatic rings. The molecule has 270 valence electrons. The molecule has 1 unspecified atom stereocenters. The molecule has 8 heterocycles. The predicted octanol–water partition coefficient (Wildman–Crippen LogP) is 8.79. The molecule has 1 atom stereocenters. The van der Waals surface area contributed by atoms with Crippen LogP contribution in [0.1, 0.15) is 44.6 Å². The number of hydrogen-bond acceptors (Lipinski definition) is 1. The zero-order chi connectivity index (χ0) is 38.1. The van der Waals surface area contributed by atoms with Crippen molar-refractivity contribution in [1.82, 2.24) is 9.13 Å². The van der Waals surface area contributed by atoms with E-state index in [1.54, 1.807) is 0 Å². The van der Waals surface area contributed by atoms with Crippen molar-refractivity contribution in [2.75, 3.05) is 0 Å². The maximum atomic E-state index is 5.87. The third kappa shape index (κ3) is 3.28. The van der Waals surface area contributed by atoms with Crippen LogP contribution in [0.25, 0.3) is 44.0 Å². The zero-order valence-electron chi connectivity index (χ0n) is 31.6. The summed E-state index contributed by atoms with van der Waals surface area (Å²) in [6.45, 7) is 0. The first-order valence-corrected chi connectivity index (χ1v) is 20.4. The number of hydrogen-bond donors (Lipinski definition) is 0. The van der Waals surface area contributed by atoms with Crippen LogP contribution in [0.2, 0.25) is 0 Å². The SMILES string of the molecule is c1ccc(C2=C3c4ccccc4C4=[N+]3C35n6c(c7ccccc7c62)N=C2c6ccccc6C(=[N+]23)C(c2ccccc2)=c2c3ccccc3c(n25)=C4c2ccccc2)cc1. The maximum Gasteiger partial charge on any atom is 0.499 e. The Bertz CT molecular complexity index is 3740. The van der Waals surface area contributed by atoms with E-state index in [0.29, 0.717) is 0 Å². The summed E-state index contributed by atoms with van der Waals surface area (Å²) in [5, 5.41) is 7.25. The van der Waals surface area contributed by atoms with Crippen molar-refractivity contribution >= 4 is 67.0 Å². The average Bonchev–Trinajstić information content (AvgIpc) is 4.04. The van der Waals surface area contributed by atoms with Crippen molar-refractivity contribution in [1.29, 1.82) is 0 Å². The maximum absolute atomic E-state index is 5.87. The molecule has 0 aliphatic carbocycles. The zero-order valence-corrected chi connectivity index (χ0v) is 31.6. The van der Waals surface area contributed by atoms with E-state index >= 15 is 0 Å². The number of aliphatic imine (C=N–C) groups is 1. The van der Waals surface area contributed by atoms with Gasteiger partial charge in [-0.25, -0.2) is 4.57 Å². The third-order valence-corrected chi connectivity index (χ3v) is 13.5. The van der Waals surface area contributed by atoms with Crippen LogP contribution in [-0.2, 0) is 5.91 Å². The van der Waals surface area contributed by atoms with Gasteiger partial charge < -0.3 is 0 Å². The van der Waals surface area contributed by atoms with E-state index in [9.17, 15) is 0 Å². The highest BCUT2D eigenvalue weighted by molar-refractivity contribution is 6.38. The van der Waals surface area contributed by atoms with Crippen molar-refractivity contribution in [2.24, 2.45) is 4.99 Å². The van der Waals surface area contributed by atoms with Gasteiger partial charge in [0, 0.05) is 21.7 Å². The van der Waals surface area contributed by atoms with Gasteiger partial charge in [0.2, 0.25) is 11.4 Å². The number of amidine groups is 1. The molecule has 5 nitrogen and oxygen atoms in total. The first-order chi connectivity index (χ1) is 29.4. The molecule has 1 spiro atoms. The van der Waals surface area contributed by atoms with Crippen LogP contribution in [0, 0.1) is 0 Å². The number of aromatic nitrogens is 2. The molecule has 6 aliphatic heterocycles. The first kappa shape index (κ1) is 30.3. The Morgan fingerprint density at radius 1 is 0.373 bits per heavy atom. The van der Waals surface area contributed by atoms with E-state index in [2.05, 4.69) is 206 Å². The second-order valence-corrected chi connectivity index (χ2v) is 16.2. The lowest BCUT2D eigenvalue weighted by Crippen LogP contribution is -2.71. The Balaban J connectivity index is 1.33. The van der Waals surface area contributed by atoms with Gasteiger partial charge in [-0.15, -0.1) is 9.15 Å². The van der Waals surface area contributed by atoms with Crippen LogP contribution < -0.4 is 10.7 Å².